The van der Waals surface area contributed by atoms with E-state index in [1.165, 1.54) is 6.92 Å². The Morgan fingerprint density at radius 1 is 1.39 bits per heavy atom. The van der Waals surface area contributed by atoms with E-state index in [1.54, 1.807) is 6.92 Å². The standard InChI is InChI=1S/C12H14N4O2/c1-8(17)14-11-5-3-4-10(6-11)13-7-12-15-9(2)18-16-12/h3-6,13H,7H2,1-2H3,(H,14,17). The van der Waals surface area contributed by atoms with E-state index < -0.39 is 0 Å². The Morgan fingerprint density at radius 2 is 2.17 bits per heavy atom. The third-order valence-corrected chi connectivity index (χ3v) is 2.20. The lowest BCUT2D eigenvalue weighted by Gasteiger charge is -2.06. The van der Waals surface area contributed by atoms with Gasteiger partial charge >= 0.3 is 0 Å². The summed E-state index contributed by atoms with van der Waals surface area (Å²) >= 11 is 0. The average Bonchev–Trinajstić information content (AvgIpc) is 2.72. The molecule has 1 aromatic heterocycles. The number of carbonyl (C=O) groups excluding carboxylic acids is 1. The van der Waals surface area contributed by atoms with E-state index in [0.717, 1.165) is 11.4 Å². The molecule has 0 aliphatic heterocycles. The van der Waals surface area contributed by atoms with E-state index in [2.05, 4.69) is 20.8 Å². The van der Waals surface area contributed by atoms with E-state index in [0.29, 0.717) is 18.3 Å². The molecule has 6 heteroatoms. The minimum atomic E-state index is -0.0963. The highest BCUT2D eigenvalue weighted by Gasteiger charge is 2.02. The molecule has 1 heterocycles. The van der Waals surface area contributed by atoms with Crippen LogP contribution in [0.1, 0.15) is 18.6 Å². The summed E-state index contributed by atoms with van der Waals surface area (Å²) in [4.78, 5) is 15.0. The van der Waals surface area contributed by atoms with E-state index in [1.807, 2.05) is 24.3 Å². The summed E-state index contributed by atoms with van der Waals surface area (Å²) in [5.74, 6) is 1.04. The molecule has 94 valence electrons. The van der Waals surface area contributed by atoms with Gasteiger partial charge in [-0.3, -0.25) is 4.79 Å². The molecule has 0 spiro atoms. The maximum atomic E-state index is 10.9. The minimum absolute atomic E-state index is 0.0963. The smallest absolute Gasteiger partial charge is 0.223 e. The molecule has 18 heavy (non-hydrogen) atoms. The lowest BCUT2D eigenvalue weighted by Crippen LogP contribution is -2.06. The molecule has 2 N–H and O–H groups in total. The molecule has 2 rings (SSSR count). The number of anilines is 2. The van der Waals surface area contributed by atoms with E-state index in [4.69, 9.17) is 4.52 Å². The number of aromatic nitrogens is 2. The highest BCUT2D eigenvalue weighted by Crippen LogP contribution is 2.15. The lowest BCUT2D eigenvalue weighted by molar-refractivity contribution is -0.114. The highest BCUT2D eigenvalue weighted by molar-refractivity contribution is 5.89. The Morgan fingerprint density at radius 3 is 2.83 bits per heavy atom. The van der Waals surface area contributed by atoms with Crippen molar-refractivity contribution in [2.45, 2.75) is 20.4 Å². The number of aryl methyl sites for hydroxylation is 1. The van der Waals surface area contributed by atoms with Gasteiger partial charge in [-0.25, -0.2) is 0 Å². The molecule has 0 aliphatic rings. The van der Waals surface area contributed by atoms with Crippen LogP contribution in [0, 0.1) is 6.92 Å². The third kappa shape index (κ3) is 3.31. The maximum absolute atomic E-state index is 10.9. The Kier molecular flexibility index (Phi) is 3.57. The molecular formula is C12H14N4O2. The fourth-order valence-electron chi connectivity index (χ4n) is 1.50. The monoisotopic (exact) mass is 246 g/mol. The molecular weight excluding hydrogens is 232 g/mol. The predicted molar refractivity (Wildman–Crippen MR) is 67.1 cm³/mol. The number of benzene rings is 1. The van der Waals surface area contributed by atoms with Crippen LogP contribution in [-0.4, -0.2) is 16.0 Å². The zero-order chi connectivity index (χ0) is 13.0. The lowest BCUT2D eigenvalue weighted by atomic mass is 10.2. The first-order valence-corrected chi connectivity index (χ1v) is 5.54. The van der Waals surface area contributed by atoms with Gasteiger partial charge < -0.3 is 15.2 Å². The number of hydrogen-bond acceptors (Lipinski definition) is 5. The van der Waals surface area contributed by atoms with Gasteiger partial charge in [0.05, 0.1) is 6.54 Å². The van der Waals surface area contributed by atoms with Gasteiger partial charge in [0.2, 0.25) is 11.8 Å². The first-order chi connectivity index (χ1) is 8.63. The van der Waals surface area contributed by atoms with Crippen molar-refractivity contribution in [2.24, 2.45) is 0 Å². The normalized spacial score (nSPS) is 10.1. The van der Waals surface area contributed by atoms with Crippen molar-refractivity contribution in [3.63, 3.8) is 0 Å². The number of nitrogens with one attached hydrogen (secondary N) is 2. The topological polar surface area (TPSA) is 80.0 Å². The summed E-state index contributed by atoms with van der Waals surface area (Å²) in [6, 6.07) is 7.42. The van der Waals surface area contributed by atoms with Crippen molar-refractivity contribution in [2.75, 3.05) is 10.6 Å². The maximum Gasteiger partial charge on any atom is 0.223 e. The van der Waals surface area contributed by atoms with Crippen LogP contribution in [-0.2, 0) is 11.3 Å². The van der Waals surface area contributed by atoms with Gasteiger partial charge in [-0.1, -0.05) is 11.2 Å². The zero-order valence-corrected chi connectivity index (χ0v) is 10.2. The number of carbonyl (C=O) groups is 1. The molecule has 0 saturated carbocycles. The van der Waals surface area contributed by atoms with Crippen LogP contribution in [0.25, 0.3) is 0 Å². The summed E-state index contributed by atoms with van der Waals surface area (Å²) in [5.41, 5.74) is 1.63. The van der Waals surface area contributed by atoms with Crippen molar-refractivity contribution in [1.29, 1.82) is 0 Å². The van der Waals surface area contributed by atoms with Crippen molar-refractivity contribution < 1.29 is 9.32 Å². The molecule has 0 bridgehead atoms. The summed E-state index contributed by atoms with van der Waals surface area (Å²) in [6.45, 7) is 3.69. The van der Waals surface area contributed by atoms with E-state index in [9.17, 15) is 4.79 Å². The Hall–Kier alpha value is -2.37. The number of rotatable bonds is 4. The quantitative estimate of drug-likeness (QED) is 0.861. The van der Waals surface area contributed by atoms with Crippen LogP contribution in [0.3, 0.4) is 0 Å². The minimum Gasteiger partial charge on any atom is -0.378 e. The van der Waals surface area contributed by atoms with Crippen LogP contribution in [0.5, 0.6) is 0 Å². The number of amides is 1. The van der Waals surface area contributed by atoms with E-state index in [-0.39, 0.29) is 5.91 Å². The van der Waals surface area contributed by atoms with Gasteiger partial charge in [-0.05, 0) is 18.2 Å². The van der Waals surface area contributed by atoms with Crippen molar-refractivity contribution in [3.8, 4) is 0 Å². The Balaban J connectivity index is 1.98. The molecule has 0 saturated heterocycles. The van der Waals surface area contributed by atoms with Gasteiger partial charge in [-0.15, -0.1) is 0 Å². The van der Waals surface area contributed by atoms with Gasteiger partial charge in [-0.2, -0.15) is 4.98 Å². The first-order valence-electron chi connectivity index (χ1n) is 5.54. The molecule has 0 atom stereocenters. The van der Waals surface area contributed by atoms with Crippen LogP contribution in [0.15, 0.2) is 28.8 Å². The van der Waals surface area contributed by atoms with Crippen LogP contribution in [0.4, 0.5) is 11.4 Å². The summed E-state index contributed by atoms with van der Waals surface area (Å²) < 4.78 is 4.87. The molecule has 1 aromatic carbocycles. The largest absolute Gasteiger partial charge is 0.378 e. The summed E-state index contributed by atoms with van der Waals surface area (Å²) in [7, 11) is 0. The Bertz CT molecular complexity index is 551. The van der Waals surface area contributed by atoms with Crippen LogP contribution < -0.4 is 10.6 Å². The average molecular weight is 246 g/mol. The molecule has 2 aromatic rings. The molecule has 6 nitrogen and oxygen atoms in total. The first kappa shape index (κ1) is 12.1. The van der Waals surface area contributed by atoms with Gasteiger partial charge in [0.1, 0.15) is 0 Å². The fourth-order valence-corrected chi connectivity index (χ4v) is 1.50. The second-order valence-corrected chi connectivity index (χ2v) is 3.85. The van der Waals surface area contributed by atoms with Crippen LogP contribution >= 0.6 is 0 Å². The second-order valence-electron chi connectivity index (χ2n) is 3.85. The molecule has 0 aliphatic carbocycles. The molecule has 0 fully saturated rings. The van der Waals surface area contributed by atoms with E-state index >= 15 is 0 Å². The third-order valence-electron chi connectivity index (χ3n) is 2.20. The molecule has 0 unspecified atom stereocenters. The van der Waals surface area contributed by atoms with Crippen LogP contribution in [0.2, 0.25) is 0 Å². The summed E-state index contributed by atoms with van der Waals surface area (Å²) in [6.07, 6.45) is 0. The predicted octanol–water partition coefficient (Wildman–Crippen LogP) is 1.95. The van der Waals surface area contributed by atoms with Gasteiger partial charge in [0.15, 0.2) is 5.82 Å². The van der Waals surface area contributed by atoms with Crippen molar-refractivity contribution >= 4 is 17.3 Å². The number of nitrogens with zero attached hydrogens (tertiary/aromatic N) is 2. The number of hydrogen-bond donors (Lipinski definition) is 2. The Labute approximate surface area is 104 Å². The van der Waals surface area contributed by atoms with Crippen molar-refractivity contribution in [1.82, 2.24) is 10.1 Å². The fraction of sp³-hybridized carbons (Fsp3) is 0.250. The molecule has 0 radical (unpaired) electrons. The highest BCUT2D eigenvalue weighted by atomic mass is 16.5. The zero-order valence-electron chi connectivity index (χ0n) is 10.2. The molecule has 1 amide bonds. The summed E-state index contributed by atoms with van der Waals surface area (Å²) in [5, 5.41) is 9.65. The SMILES string of the molecule is CC(=O)Nc1cccc(NCc2noc(C)n2)c1. The second kappa shape index (κ2) is 5.31. The van der Waals surface area contributed by atoms with Crippen molar-refractivity contribution in [3.05, 3.63) is 36.0 Å². The van der Waals surface area contributed by atoms with Gasteiger partial charge in [0.25, 0.3) is 0 Å². The van der Waals surface area contributed by atoms with Gasteiger partial charge in [0, 0.05) is 25.2 Å².